The molecule has 0 spiro atoms. The van der Waals surface area contributed by atoms with Gasteiger partial charge in [-0.25, -0.2) is 9.78 Å². The summed E-state index contributed by atoms with van der Waals surface area (Å²) in [7, 11) is 3.11. The van der Waals surface area contributed by atoms with E-state index in [4.69, 9.17) is 25.1 Å². The van der Waals surface area contributed by atoms with Crippen LogP contribution in [-0.4, -0.2) is 48.3 Å². The van der Waals surface area contributed by atoms with E-state index in [0.717, 1.165) is 22.0 Å². The van der Waals surface area contributed by atoms with E-state index in [-0.39, 0.29) is 18.4 Å². The average molecular weight is 614 g/mol. The van der Waals surface area contributed by atoms with Gasteiger partial charge >= 0.3 is 12.1 Å². The molecular weight excluding hydrogens is 583 g/mol. The van der Waals surface area contributed by atoms with Gasteiger partial charge in [0.2, 0.25) is 11.8 Å². The number of carbonyl (C=O) groups is 3. The van der Waals surface area contributed by atoms with Crippen molar-refractivity contribution in [3.8, 4) is 11.5 Å². The number of nitrogen functional groups attached to an aromatic ring is 1. The Bertz CT molecular complexity index is 1650. The Hall–Kier alpha value is -5.53. The summed E-state index contributed by atoms with van der Waals surface area (Å²) in [5.74, 6) is -1.64. The molecule has 4 aromatic rings. The average Bonchev–Trinajstić information content (AvgIpc) is 2.98. The topological polar surface area (TPSA) is 165 Å². The first kappa shape index (κ1) is 33.0. The molecule has 1 atom stereocenters. The van der Waals surface area contributed by atoms with E-state index >= 15 is 0 Å². The monoisotopic (exact) mass is 613 g/mol. The summed E-state index contributed by atoms with van der Waals surface area (Å²) >= 11 is 0. The SMILES string of the molecule is COc1ccc(C(Nc2ccc3c(N)nccc3c2)C(=O)NCc2cccc(NC(C)=O)c2)cc1OC.O=C(O)C(F)(F)F. The number of nitrogens with two attached hydrogens (primary N) is 1. The van der Waals surface area contributed by atoms with Crippen LogP contribution in [0.4, 0.5) is 30.4 Å². The van der Waals surface area contributed by atoms with Gasteiger partial charge in [-0.05, 0) is 65.0 Å². The van der Waals surface area contributed by atoms with Crippen LogP contribution in [0.15, 0.2) is 72.9 Å². The van der Waals surface area contributed by atoms with E-state index in [1.165, 1.54) is 6.92 Å². The second-order valence-electron chi connectivity index (χ2n) is 9.23. The Balaban J connectivity index is 0.000000676. The van der Waals surface area contributed by atoms with Gasteiger partial charge in [0.1, 0.15) is 11.9 Å². The number of alkyl halides is 3. The van der Waals surface area contributed by atoms with E-state index in [1.54, 1.807) is 38.6 Å². The van der Waals surface area contributed by atoms with Crippen LogP contribution in [0.2, 0.25) is 0 Å². The number of methoxy groups -OCH3 is 2. The molecule has 1 aromatic heterocycles. The fourth-order valence-electron chi connectivity index (χ4n) is 4.04. The summed E-state index contributed by atoms with van der Waals surface area (Å²) in [6, 6.07) is 19.5. The zero-order valence-electron chi connectivity index (χ0n) is 23.9. The Kier molecular flexibility index (Phi) is 10.9. The summed E-state index contributed by atoms with van der Waals surface area (Å²) in [6.07, 6.45) is -3.44. The Labute approximate surface area is 250 Å². The number of hydrogen-bond donors (Lipinski definition) is 5. The van der Waals surface area contributed by atoms with Crippen LogP contribution in [0.3, 0.4) is 0 Å². The van der Waals surface area contributed by atoms with Crippen LogP contribution in [0.1, 0.15) is 24.1 Å². The van der Waals surface area contributed by atoms with Crippen LogP contribution in [0, 0.1) is 0 Å². The minimum Gasteiger partial charge on any atom is -0.493 e. The van der Waals surface area contributed by atoms with Crippen LogP contribution in [-0.2, 0) is 20.9 Å². The standard InChI is InChI=1S/C28H29N5O4.C2HF3O2/c1-17(34)32-21-6-4-5-18(13-21)16-31-28(35)26(20-7-10-24(36-2)25(15-20)37-3)33-22-8-9-23-19(14-22)11-12-30-27(23)29;3-2(4,5)1(6)7/h4-15,26,33H,16H2,1-3H3,(H2,29,30)(H,31,35)(H,32,34);(H,6,7). The number of carboxylic acids is 1. The zero-order chi connectivity index (χ0) is 32.4. The molecule has 1 heterocycles. The molecular formula is C30H30F3N5O6. The van der Waals surface area contributed by atoms with Crippen LogP contribution in [0.25, 0.3) is 10.8 Å². The third kappa shape index (κ3) is 8.98. The molecule has 1 unspecified atom stereocenters. The van der Waals surface area contributed by atoms with E-state index in [0.29, 0.717) is 28.6 Å². The number of pyridine rings is 1. The largest absolute Gasteiger partial charge is 0.493 e. The van der Waals surface area contributed by atoms with Crippen LogP contribution < -0.4 is 31.2 Å². The van der Waals surface area contributed by atoms with Gasteiger partial charge in [0.15, 0.2) is 11.5 Å². The van der Waals surface area contributed by atoms with Crippen molar-refractivity contribution in [1.82, 2.24) is 10.3 Å². The number of carbonyl (C=O) groups excluding carboxylic acids is 2. The lowest BCUT2D eigenvalue weighted by Crippen LogP contribution is -2.33. The molecule has 0 saturated heterocycles. The highest BCUT2D eigenvalue weighted by molar-refractivity contribution is 5.94. The molecule has 232 valence electrons. The lowest BCUT2D eigenvalue weighted by atomic mass is 10.0. The number of halogens is 3. The number of aliphatic carboxylic acids is 1. The number of fused-ring (bicyclic) bond motifs is 1. The first-order valence-electron chi connectivity index (χ1n) is 12.9. The number of anilines is 3. The number of nitrogens with one attached hydrogen (secondary N) is 3. The summed E-state index contributed by atoms with van der Waals surface area (Å²) in [6.45, 7) is 1.73. The first-order valence-corrected chi connectivity index (χ1v) is 12.9. The van der Waals surface area contributed by atoms with Gasteiger partial charge in [-0.15, -0.1) is 0 Å². The number of nitrogens with zero attached hydrogens (tertiary/aromatic N) is 1. The normalized spacial score (nSPS) is 11.4. The van der Waals surface area contributed by atoms with Crippen molar-refractivity contribution in [2.75, 3.05) is 30.6 Å². The summed E-state index contributed by atoms with van der Waals surface area (Å²) in [4.78, 5) is 37.9. The maximum Gasteiger partial charge on any atom is 0.490 e. The van der Waals surface area contributed by atoms with Gasteiger partial charge < -0.3 is 36.3 Å². The predicted octanol–water partition coefficient (Wildman–Crippen LogP) is 4.90. The summed E-state index contributed by atoms with van der Waals surface area (Å²) in [5.41, 5.74) is 8.93. The van der Waals surface area contributed by atoms with Gasteiger partial charge in [-0.3, -0.25) is 9.59 Å². The van der Waals surface area contributed by atoms with Crippen LogP contribution in [0.5, 0.6) is 11.5 Å². The molecule has 0 fully saturated rings. The number of amides is 2. The molecule has 14 heteroatoms. The number of benzene rings is 3. The zero-order valence-corrected chi connectivity index (χ0v) is 23.9. The van der Waals surface area contributed by atoms with Crippen molar-refractivity contribution < 1.29 is 42.1 Å². The smallest absolute Gasteiger partial charge is 0.490 e. The van der Waals surface area contributed by atoms with Crippen molar-refractivity contribution >= 4 is 45.7 Å². The number of rotatable bonds is 9. The van der Waals surface area contributed by atoms with Crippen molar-refractivity contribution in [3.63, 3.8) is 0 Å². The third-order valence-electron chi connectivity index (χ3n) is 6.07. The Morgan fingerprint density at radius 2 is 1.66 bits per heavy atom. The maximum absolute atomic E-state index is 13.5. The molecule has 0 bridgehead atoms. The predicted molar refractivity (Wildman–Crippen MR) is 158 cm³/mol. The number of ether oxygens (including phenoxy) is 2. The molecule has 3 aromatic carbocycles. The summed E-state index contributed by atoms with van der Waals surface area (Å²) in [5, 5.41) is 17.9. The Morgan fingerprint density at radius 1 is 0.955 bits per heavy atom. The van der Waals surface area contributed by atoms with Gasteiger partial charge in [-0.1, -0.05) is 18.2 Å². The van der Waals surface area contributed by atoms with Gasteiger partial charge in [0.05, 0.1) is 14.2 Å². The molecule has 0 aliphatic carbocycles. The lowest BCUT2D eigenvalue weighted by molar-refractivity contribution is -0.192. The third-order valence-corrected chi connectivity index (χ3v) is 6.07. The first-order chi connectivity index (χ1) is 20.8. The molecule has 0 aliphatic heterocycles. The fraction of sp³-hybridized carbons (Fsp3) is 0.200. The fourth-order valence-corrected chi connectivity index (χ4v) is 4.04. The van der Waals surface area contributed by atoms with Crippen molar-refractivity contribution in [3.05, 3.63) is 84.1 Å². The second kappa shape index (κ2) is 14.6. The van der Waals surface area contributed by atoms with Crippen molar-refractivity contribution in [2.24, 2.45) is 0 Å². The molecule has 11 nitrogen and oxygen atoms in total. The number of carboxylic acid groups (broad SMARTS) is 1. The molecule has 6 N–H and O–H groups in total. The number of hydrogen-bond acceptors (Lipinski definition) is 8. The Morgan fingerprint density at radius 3 is 2.30 bits per heavy atom. The van der Waals surface area contributed by atoms with E-state index in [9.17, 15) is 22.8 Å². The van der Waals surface area contributed by atoms with E-state index < -0.39 is 18.2 Å². The highest BCUT2D eigenvalue weighted by Gasteiger charge is 2.38. The van der Waals surface area contributed by atoms with Gasteiger partial charge in [-0.2, -0.15) is 13.2 Å². The van der Waals surface area contributed by atoms with Crippen molar-refractivity contribution in [2.45, 2.75) is 25.7 Å². The van der Waals surface area contributed by atoms with Gasteiger partial charge in [0, 0.05) is 36.4 Å². The quantitative estimate of drug-likeness (QED) is 0.177. The number of aromatic nitrogens is 1. The minimum atomic E-state index is -5.08. The molecule has 0 saturated carbocycles. The molecule has 0 aliphatic rings. The highest BCUT2D eigenvalue weighted by atomic mass is 19.4. The van der Waals surface area contributed by atoms with E-state index in [2.05, 4.69) is 20.9 Å². The molecule has 2 amide bonds. The van der Waals surface area contributed by atoms with Crippen molar-refractivity contribution in [1.29, 1.82) is 0 Å². The summed E-state index contributed by atoms with van der Waals surface area (Å²) < 4.78 is 42.6. The molecule has 44 heavy (non-hydrogen) atoms. The highest BCUT2D eigenvalue weighted by Crippen LogP contribution is 2.32. The van der Waals surface area contributed by atoms with Crippen LogP contribution >= 0.6 is 0 Å². The molecule has 0 radical (unpaired) electrons. The molecule has 4 rings (SSSR count). The second-order valence-corrected chi connectivity index (χ2v) is 9.23. The maximum atomic E-state index is 13.5. The minimum absolute atomic E-state index is 0.160. The lowest BCUT2D eigenvalue weighted by Gasteiger charge is -2.22. The van der Waals surface area contributed by atoms with E-state index in [1.807, 2.05) is 48.5 Å². The van der Waals surface area contributed by atoms with Gasteiger partial charge in [0.25, 0.3) is 0 Å².